The molecule has 0 amide bonds. The number of ether oxygens (including phenoxy) is 1. The van der Waals surface area contributed by atoms with Crippen LogP contribution < -0.4 is 4.74 Å². The third-order valence-corrected chi connectivity index (χ3v) is 6.68. The molecule has 2 aromatic rings. The quantitative estimate of drug-likeness (QED) is 0.186. The Morgan fingerprint density at radius 1 is 1.00 bits per heavy atom. The van der Waals surface area contributed by atoms with Gasteiger partial charge in [-0.25, -0.2) is 0 Å². The third-order valence-electron chi connectivity index (χ3n) is 6.68. The first-order valence-electron chi connectivity index (χ1n) is 12.7. The molecule has 37 heavy (non-hydrogen) atoms. The lowest BCUT2D eigenvalue weighted by Crippen LogP contribution is -2.21. The Kier molecular flexibility index (Phi) is 8.92. The standard InChI is InChI=1S/C30H38O7/c1-18(9-6-14-30(3,4)36)7-5-8-19(2)10-12-21-23(32)16-27-28(29(21)35)25(34)17-26(37-27)20-11-13-22(31)24(33)15-20/h7,10-11,13,15-16,26,31-33,35-36H,5-6,8-9,12,14,17H2,1-4H3/t26-/m0/s1. The summed E-state index contributed by atoms with van der Waals surface area (Å²) in [5.41, 5.74) is 2.57. The van der Waals surface area contributed by atoms with Crippen LogP contribution in [0.25, 0.3) is 0 Å². The van der Waals surface area contributed by atoms with Gasteiger partial charge in [0.2, 0.25) is 0 Å². The van der Waals surface area contributed by atoms with Crippen molar-refractivity contribution < 1.29 is 35.1 Å². The molecule has 1 aliphatic heterocycles. The molecule has 3 rings (SSSR count). The topological polar surface area (TPSA) is 127 Å². The van der Waals surface area contributed by atoms with Gasteiger partial charge >= 0.3 is 0 Å². The highest BCUT2D eigenvalue weighted by Crippen LogP contribution is 2.45. The Balaban J connectivity index is 1.65. The molecule has 0 saturated heterocycles. The monoisotopic (exact) mass is 510 g/mol. The van der Waals surface area contributed by atoms with Crippen molar-refractivity contribution in [2.24, 2.45) is 0 Å². The van der Waals surface area contributed by atoms with E-state index in [2.05, 4.69) is 13.0 Å². The van der Waals surface area contributed by atoms with E-state index in [-0.39, 0.29) is 58.5 Å². The molecular formula is C30H38O7. The molecular weight excluding hydrogens is 472 g/mol. The van der Waals surface area contributed by atoms with Crippen LogP contribution in [0.15, 0.2) is 47.6 Å². The van der Waals surface area contributed by atoms with Crippen molar-refractivity contribution in [2.45, 2.75) is 84.3 Å². The molecule has 0 bridgehead atoms. The number of allylic oxidation sites excluding steroid dienone is 4. The van der Waals surface area contributed by atoms with Gasteiger partial charge in [0.05, 0.1) is 12.0 Å². The zero-order valence-corrected chi connectivity index (χ0v) is 22.0. The van der Waals surface area contributed by atoms with Crippen LogP contribution in [0.1, 0.15) is 93.8 Å². The van der Waals surface area contributed by atoms with Gasteiger partial charge in [-0.3, -0.25) is 4.79 Å². The van der Waals surface area contributed by atoms with Crippen LogP contribution in [-0.4, -0.2) is 36.9 Å². The molecule has 1 atom stereocenters. The summed E-state index contributed by atoms with van der Waals surface area (Å²) < 4.78 is 5.88. The summed E-state index contributed by atoms with van der Waals surface area (Å²) >= 11 is 0. The maximum atomic E-state index is 12.9. The van der Waals surface area contributed by atoms with Gasteiger partial charge in [0.15, 0.2) is 17.3 Å². The lowest BCUT2D eigenvalue weighted by Gasteiger charge is -2.27. The van der Waals surface area contributed by atoms with E-state index in [9.17, 15) is 30.3 Å². The minimum absolute atomic E-state index is 0.0442. The lowest BCUT2D eigenvalue weighted by atomic mass is 9.92. The highest BCUT2D eigenvalue weighted by atomic mass is 16.5. The van der Waals surface area contributed by atoms with E-state index in [0.29, 0.717) is 5.56 Å². The summed E-state index contributed by atoms with van der Waals surface area (Å²) in [6, 6.07) is 5.53. The van der Waals surface area contributed by atoms with Crippen molar-refractivity contribution in [3.8, 4) is 28.7 Å². The van der Waals surface area contributed by atoms with Gasteiger partial charge < -0.3 is 30.3 Å². The van der Waals surface area contributed by atoms with Gasteiger partial charge in [0.25, 0.3) is 0 Å². The second kappa shape index (κ2) is 11.7. The Bertz CT molecular complexity index is 1200. The van der Waals surface area contributed by atoms with Gasteiger partial charge in [-0.1, -0.05) is 29.4 Å². The van der Waals surface area contributed by atoms with Crippen molar-refractivity contribution in [1.82, 2.24) is 0 Å². The fourth-order valence-electron chi connectivity index (χ4n) is 4.45. The normalized spacial score (nSPS) is 16.5. The first kappa shape index (κ1) is 28.1. The number of ketones is 1. The Morgan fingerprint density at radius 3 is 2.38 bits per heavy atom. The average molecular weight is 511 g/mol. The number of rotatable bonds is 10. The van der Waals surface area contributed by atoms with Crippen LogP contribution in [0, 0.1) is 0 Å². The van der Waals surface area contributed by atoms with Crippen LogP contribution >= 0.6 is 0 Å². The number of hydrogen-bond acceptors (Lipinski definition) is 7. The Morgan fingerprint density at radius 2 is 1.70 bits per heavy atom. The molecule has 200 valence electrons. The second-order valence-electron chi connectivity index (χ2n) is 10.6. The minimum atomic E-state index is -0.718. The number of fused-ring (bicyclic) bond motifs is 1. The van der Waals surface area contributed by atoms with Crippen molar-refractivity contribution in [3.05, 3.63) is 64.3 Å². The molecule has 0 unspecified atom stereocenters. The molecule has 0 aromatic heterocycles. The maximum Gasteiger partial charge on any atom is 0.174 e. The fraction of sp³-hybridized carbons (Fsp3) is 0.433. The number of phenolic OH excluding ortho intramolecular Hbond substituents is 4. The molecule has 7 nitrogen and oxygen atoms in total. The number of phenols is 4. The molecule has 0 radical (unpaired) electrons. The zero-order valence-electron chi connectivity index (χ0n) is 22.0. The van der Waals surface area contributed by atoms with Crippen molar-refractivity contribution in [2.75, 3.05) is 0 Å². The summed E-state index contributed by atoms with van der Waals surface area (Å²) in [4.78, 5) is 12.9. The molecule has 1 heterocycles. The van der Waals surface area contributed by atoms with Crippen molar-refractivity contribution in [3.63, 3.8) is 0 Å². The van der Waals surface area contributed by atoms with E-state index < -0.39 is 11.7 Å². The number of carbonyl (C=O) groups excluding carboxylic acids is 1. The fourth-order valence-corrected chi connectivity index (χ4v) is 4.45. The second-order valence-corrected chi connectivity index (χ2v) is 10.6. The average Bonchev–Trinajstić information content (AvgIpc) is 2.79. The number of Topliss-reactive ketones (excluding diaryl/α,β-unsaturated/α-hetero) is 1. The van der Waals surface area contributed by atoms with Gasteiger partial charge in [-0.2, -0.15) is 0 Å². The number of carbonyl (C=O) groups is 1. The highest BCUT2D eigenvalue weighted by molar-refractivity contribution is 6.03. The first-order valence-corrected chi connectivity index (χ1v) is 12.7. The van der Waals surface area contributed by atoms with Crippen LogP contribution in [0.4, 0.5) is 0 Å². The molecule has 1 aliphatic rings. The number of aliphatic hydroxyl groups is 1. The molecule has 0 aliphatic carbocycles. The summed E-state index contributed by atoms with van der Waals surface area (Å²) in [5, 5.41) is 50.6. The van der Waals surface area contributed by atoms with Crippen LogP contribution in [-0.2, 0) is 6.42 Å². The largest absolute Gasteiger partial charge is 0.507 e. The SMILES string of the molecule is CC(=CCc1c(O)cc2c(c1O)C(=O)C[C@@H](c1ccc(O)c(O)c1)O2)CCC=C(C)CCCC(C)(C)O. The summed E-state index contributed by atoms with van der Waals surface area (Å²) in [6.45, 7) is 7.74. The Hall–Kier alpha value is -3.45. The smallest absolute Gasteiger partial charge is 0.174 e. The Labute approximate surface area is 218 Å². The first-order chi connectivity index (χ1) is 17.4. The van der Waals surface area contributed by atoms with Crippen LogP contribution in [0.2, 0.25) is 0 Å². The zero-order chi connectivity index (χ0) is 27.3. The molecule has 0 saturated carbocycles. The number of benzene rings is 2. The number of hydrogen-bond donors (Lipinski definition) is 5. The highest BCUT2D eigenvalue weighted by Gasteiger charge is 2.32. The van der Waals surface area contributed by atoms with E-state index >= 15 is 0 Å². The summed E-state index contributed by atoms with van der Waals surface area (Å²) in [7, 11) is 0. The predicted octanol–water partition coefficient (Wildman–Crippen LogP) is 6.37. The van der Waals surface area contributed by atoms with E-state index in [1.807, 2.05) is 26.8 Å². The molecule has 0 spiro atoms. The van der Waals surface area contributed by atoms with E-state index in [1.54, 1.807) is 6.07 Å². The van der Waals surface area contributed by atoms with E-state index in [0.717, 1.165) is 37.7 Å². The summed E-state index contributed by atoms with van der Waals surface area (Å²) in [5.74, 6) is -1.28. The maximum absolute atomic E-state index is 12.9. The molecule has 2 aromatic carbocycles. The van der Waals surface area contributed by atoms with E-state index in [4.69, 9.17) is 4.74 Å². The summed E-state index contributed by atoms with van der Waals surface area (Å²) in [6.07, 6.45) is 8.01. The third kappa shape index (κ3) is 7.52. The van der Waals surface area contributed by atoms with Crippen molar-refractivity contribution in [1.29, 1.82) is 0 Å². The predicted molar refractivity (Wildman–Crippen MR) is 142 cm³/mol. The van der Waals surface area contributed by atoms with E-state index in [1.165, 1.54) is 23.8 Å². The van der Waals surface area contributed by atoms with Crippen LogP contribution in [0.5, 0.6) is 28.7 Å². The van der Waals surface area contributed by atoms with Gasteiger partial charge in [-0.05, 0) is 83.9 Å². The molecule has 7 heteroatoms. The van der Waals surface area contributed by atoms with Crippen molar-refractivity contribution >= 4 is 5.78 Å². The number of aromatic hydroxyl groups is 4. The minimum Gasteiger partial charge on any atom is -0.507 e. The van der Waals surface area contributed by atoms with Gasteiger partial charge in [0, 0.05) is 11.6 Å². The van der Waals surface area contributed by atoms with Gasteiger partial charge in [-0.15, -0.1) is 0 Å². The van der Waals surface area contributed by atoms with Gasteiger partial charge in [0.1, 0.15) is 28.9 Å². The lowest BCUT2D eigenvalue weighted by molar-refractivity contribution is 0.0689. The molecule has 5 N–H and O–H groups in total. The van der Waals surface area contributed by atoms with Crippen LogP contribution in [0.3, 0.4) is 0 Å². The molecule has 0 fully saturated rings.